The summed E-state index contributed by atoms with van der Waals surface area (Å²) in [7, 11) is 0. The van der Waals surface area contributed by atoms with Gasteiger partial charge in [0, 0.05) is 0 Å². The summed E-state index contributed by atoms with van der Waals surface area (Å²) in [6.45, 7) is 12.9. The Kier molecular flexibility index (Phi) is 10.2. The summed E-state index contributed by atoms with van der Waals surface area (Å²) in [6.07, 6.45) is 5.71. The molecule has 0 aromatic carbocycles. The SMILES string of the molecule is CC1=CC[C]([Zr+2]([NH]C(=O)C(C)(C)C)[SiH](C)C)=C1.[Cl-].[Cl-]. The van der Waals surface area contributed by atoms with Crippen molar-refractivity contribution in [3.05, 3.63) is 21.0 Å². The van der Waals surface area contributed by atoms with E-state index in [0.29, 0.717) is 0 Å². The zero-order chi connectivity index (χ0) is 13.2. The van der Waals surface area contributed by atoms with Crippen LogP contribution in [0.1, 0.15) is 34.1 Å². The third-order valence-electron chi connectivity index (χ3n) is 2.90. The summed E-state index contributed by atoms with van der Waals surface area (Å²) < 4.78 is 5.02. The van der Waals surface area contributed by atoms with Crippen LogP contribution in [-0.2, 0) is 26.0 Å². The molecule has 19 heavy (non-hydrogen) atoms. The minimum atomic E-state index is -1.83. The van der Waals surface area contributed by atoms with Gasteiger partial charge in [0.05, 0.1) is 0 Å². The number of rotatable bonds is 3. The van der Waals surface area contributed by atoms with Gasteiger partial charge in [0.1, 0.15) is 0 Å². The number of halogens is 2. The monoisotopic (exact) mass is 398 g/mol. The van der Waals surface area contributed by atoms with Gasteiger partial charge in [-0.1, -0.05) is 0 Å². The zero-order valence-electron chi connectivity index (χ0n) is 12.6. The largest absolute Gasteiger partial charge is 1.00 e. The molecule has 1 aliphatic rings. The van der Waals surface area contributed by atoms with Gasteiger partial charge in [-0.25, -0.2) is 0 Å². The van der Waals surface area contributed by atoms with E-state index in [-0.39, 0.29) is 36.1 Å². The van der Waals surface area contributed by atoms with E-state index in [1.807, 2.05) is 20.8 Å². The zero-order valence-corrected chi connectivity index (χ0v) is 17.7. The van der Waals surface area contributed by atoms with Crippen LogP contribution in [0.4, 0.5) is 0 Å². The summed E-state index contributed by atoms with van der Waals surface area (Å²) in [6, 6.07) is 0. The fraction of sp³-hybridized carbons (Fsp3) is 0.615. The topological polar surface area (TPSA) is 29.1 Å². The van der Waals surface area contributed by atoms with Gasteiger partial charge in [-0.2, -0.15) is 0 Å². The number of allylic oxidation sites excluding steroid dienone is 4. The van der Waals surface area contributed by atoms with E-state index >= 15 is 0 Å². The number of hydrogen-bond donors (Lipinski definition) is 1. The standard InChI is InChI=1S/C6H7.C5H11NO.C2H7Si.2ClH.Zr/c1-6-4-2-3-5-6;1-5(2,3)4(6)7;1-3-2;;;/h4-5H,2H2,1H3;1-3H3,(H2,6,7);3H,1-2H3;2*1H;/q;;;;;+3/p-3. The Bertz CT molecular complexity index is 375. The smallest absolute Gasteiger partial charge is 1.00 e. The molecule has 0 aromatic heterocycles. The van der Waals surface area contributed by atoms with E-state index in [0.717, 1.165) is 6.42 Å². The summed E-state index contributed by atoms with van der Waals surface area (Å²) in [4.78, 5) is 12.1. The summed E-state index contributed by atoms with van der Waals surface area (Å²) in [5.74, 6) is -0.482. The van der Waals surface area contributed by atoms with Crippen LogP contribution < -0.4 is 28.1 Å². The Balaban J connectivity index is 0. The van der Waals surface area contributed by atoms with Gasteiger partial charge in [0.25, 0.3) is 0 Å². The fourth-order valence-corrected chi connectivity index (χ4v) is 16.0. The third-order valence-corrected chi connectivity index (χ3v) is 19.4. The molecule has 1 amide bonds. The van der Waals surface area contributed by atoms with Crippen molar-refractivity contribution in [2.75, 3.05) is 0 Å². The molecule has 0 radical (unpaired) electrons. The third kappa shape index (κ3) is 6.75. The van der Waals surface area contributed by atoms with Gasteiger partial charge in [0.2, 0.25) is 0 Å². The van der Waals surface area contributed by atoms with Crippen molar-refractivity contribution in [2.24, 2.45) is 5.41 Å². The van der Waals surface area contributed by atoms with Crippen LogP contribution >= 0.6 is 0 Å². The van der Waals surface area contributed by atoms with Crippen LogP contribution in [0.15, 0.2) is 21.0 Å². The molecule has 0 aliphatic heterocycles. The Morgan fingerprint density at radius 3 is 2.16 bits per heavy atom. The van der Waals surface area contributed by atoms with Crippen molar-refractivity contribution < 1.29 is 50.8 Å². The fourth-order valence-electron chi connectivity index (χ4n) is 1.76. The molecule has 109 valence electrons. The second-order valence-corrected chi connectivity index (χ2v) is 24.6. The Morgan fingerprint density at radius 2 is 1.84 bits per heavy atom. The van der Waals surface area contributed by atoms with Crippen molar-refractivity contribution in [1.29, 1.82) is 0 Å². The molecule has 2 nitrogen and oxygen atoms in total. The molecule has 0 saturated carbocycles. The number of hydrogen-bond acceptors (Lipinski definition) is 1. The maximum Gasteiger partial charge on any atom is -1.00 e. The van der Waals surface area contributed by atoms with Gasteiger partial charge in [0.15, 0.2) is 0 Å². The maximum atomic E-state index is 12.1. The molecule has 0 heterocycles. The van der Waals surface area contributed by atoms with E-state index in [1.165, 1.54) is 5.57 Å². The molecular formula is C13H24Cl2NOSiZr. The first kappa shape index (κ1) is 21.9. The van der Waals surface area contributed by atoms with Crippen molar-refractivity contribution in [3.63, 3.8) is 0 Å². The number of nitrogens with one attached hydrogen (secondary N) is 1. The van der Waals surface area contributed by atoms with E-state index < -0.39 is 27.1 Å². The molecule has 0 bridgehead atoms. The van der Waals surface area contributed by atoms with Crippen molar-refractivity contribution >= 4 is 11.8 Å². The van der Waals surface area contributed by atoms with Gasteiger partial charge in [-0.05, 0) is 0 Å². The molecule has 6 heteroatoms. The molecule has 0 spiro atoms. The molecule has 1 N–H and O–H groups in total. The molecule has 0 aromatic rings. The summed E-state index contributed by atoms with van der Waals surface area (Å²) >= 11 is -1.83. The number of carbonyl (C=O) groups is 1. The average Bonchev–Trinajstić information content (AvgIpc) is 2.58. The van der Waals surface area contributed by atoms with Gasteiger partial charge in [-0.15, -0.1) is 0 Å². The first-order chi connectivity index (χ1) is 7.71. The Labute approximate surface area is 139 Å². The predicted octanol–water partition coefficient (Wildman–Crippen LogP) is -3.09. The molecule has 1 rings (SSSR count). The Hall–Kier alpha value is 0.630. The van der Waals surface area contributed by atoms with Gasteiger partial charge >= 0.3 is 115 Å². The average molecular weight is 401 g/mol. The van der Waals surface area contributed by atoms with E-state index in [2.05, 4.69) is 35.4 Å². The van der Waals surface area contributed by atoms with Crippen molar-refractivity contribution in [2.45, 2.75) is 47.2 Å². The summed E-state index contributed by atoms with van der Waals surface area (Å²) in [5, 5.41) is 0. The first-order valence-corrected chi connectivity index (χ1v) is 15.9. The van der Waals surface area contributed by atoms with Crippen LogP contribution in [0.3, 0.4) is 0 Å². The quantitative estimate of drug-likeness (QED) is 0.500. The molecular weight excluding hydrogens is 376 g/mol. The number of amides is 1. The van der Waals surface area contributed by atoms with Crippen LogP contribution in [0.25, 0.3) is 0 Å². The molecule has 0 saturated heterocycles. The molecule has 0 fully saturated rings. The predicted molar refractivity (Wildman–Crippen MR) is 72.9 cm³/mol. The molecule has 0 unspecified atom stereocenters. The van der Waals surface area contributed by atoms with Gasteiger partial charge < -0.3 is 24.8 Å². The van der Waals surface area contributed by atoms with Crippen LogP contribution in [0, 0.1) is 5.41 Å². The first-order valence-electron chi connectivity index (χ1n) is 6.28. The van der Waals surface area contributed by atoms with Gasteiger partial charge in [-0.3, -0.25) is 0 Å². The minimum Gasteiger partial charge on any atom is -1.00 e. The maximum absolute atomic E-state index is 12.1. The van der Waals surface area contributed by atoms with E-state index in [9.17, 15) is 4.79 Å². The van der Waals surface area contributed by atoms with Crippen LogP contribution in [-0.4, -0.2) is 11.8 Å². The van der Waals surface area contributed by atoms with Crippen molar-refractivity contribution in [1.82, 2.24) is 3.26 Å². The molecule has 1 aliphatic carbocycles. The minimum absolute atomic E-state index is 0. The van der Waals surface area contributed by atoms with Crippen LogP contribution in [0.2, 0.25) is 13.1 Å². The van der Waals surface area contributed by atoms with Crippen molar-refractivity contribution in [3.8, 4) is 0 Å². The normalized spacial score (nSPS) is 14.1. The van der Waals surface area contributed by atoms with E-state index in [1.54, 1.807) is 3.28 Å². The number of carbonyl (C=O) groups excluding carboxylic acids is 1. The summed E-state index contributed by atoms with van der Waals surface area (Å²) in [5.41, 5.74) is 1.12. The van der Waals surface area contributed by atoms with Crippen LogP contribution in [0.5, 0.6) is 0 Å². The van der Waals surface area contributed by atoms with E-state index in [4.69, 9.17) is 0 Å². The Morgan fingerprint density at radius 1 is 1.32 bits per heavy atom. The second kappa shape index (κ2) is 8.81. The molecule has 0 atom stereocenters. The second-order valence-electron chi connectivity index (χ2n) is 6.09.